The van der Waals surface area contributed by atoms with Crippen LogP contribution in [0.2, 0.25) is 0 Å². The van der Waals surface area contributed by atoms with Crippen molar-refractivity contribution in [3.8, 4) is 0 Å². The Morgan fingerprint density at radius 3 is 2.50 bits per heavy atom. The molecule has 1 N–H and O–H groups in total. The van der Waals surface area contributed by atoms with Crippen molar-refractivity contribution in [2.24, 2.45) is 5.92 Å². The molecule has 1 atom stereocenters. The summed E-state index contributed by atoms with van der Waals surface area (Å²) >= 11 is 0. The van der Waals surface area contributed by atoms with Gasteiger partial charge in [-0.25, -0.2) is 9.59 Å². The molecule has 1 aliphatic rings. The van der Waals surface area contributed by atoms with Crippen molar-refractivity contribution in [2.45, 2.75) is 19.1 Å². The average molecular weight is 301 g/mol. The van der Waals surface area contributed by atoms with Gasteiger partial charge in [-0.15, -0.1) is 0 Å². The number of ether oxygens (including phenoxy) is 2. The highest BCUT2D eigenvalue weighted by Gasteiger charge is 2.25. The van der Waals surface area contributed by atoms with E-state index in [1.54, 1.807) is 0 Å². The molecule has 22 heavy (non-hydrogen) atoms. The smallest absolute Gasteiger partial charge is 0.408 e. The van der Waals surface area contributed by atoms with E-state index in [1.165, 1.54) is 7.11 Å². The maximum absolute atomic E-state index is 11.8. The van der Waals surface area contributed by atoms with Crippen LogP contribution in [0.15, 0.2) is 54.6 Å². The molecule has 116 valence electrons. The molecule has 0 unspecified atom stereocenters. The second-order valence-corrected chi connectivity index (χ2v) is 4.95. The van der Waals surface area contributed by atoms with Gasteiger partial charge in [0.2, 0.25) is 0 Å². The van der Waals surface area contributed by atoms with E-state index in [0.717, 1.165) is 5.56 Å². The molecule has 2 rings (SSSR count). The molecule has 0 radical (unpaired) electrons. The molecular formula is C17H19NO4. The van der Waals surface area contributed by atoms with Crippen LogP contribution in [0.1, 0.15) is 12.0 Å². The molecule has 1 aliphatic carbocycles. The Hall–Kier alpha value is -2.56. The van der Waals surface area contributed by atoms with E-state index in [4.69, 9.17) is 9.47 Å². The van der Waals surface area contributed by atoms with Gasteiger partial charge in [-0.1, -0.05) is 54.6 Å². The topological polar surface area (TPSA) is 64.6 Å². The van der Waals surface area contributed by atoms with Gasteiger partial charge in [-0.3, -0.25) is 0 Å². The largest absolute Gasteiger partial charge is 0.467 e. The van der Waals surface area contributed by atoms with Crippen molar-refractivity contribution in [3.05, 3.63) is 60.2 Å². The summed E-state index contributed by atoms with van der Waals surface area (Å²) in [5.74, 6) is -0.371. The van der Waals surface area contributed by atoms with Crippen LogP contribution in [-0.2, 0) is 20.9 Å². The number of methoxy groups -OCH3 is 1. The Morgan fingerprint density at radius 2 is 1.86 bits per heavy atom. The van der Waals surface area contributed by atoms with Crippen molar-refractivity contribution in [1.29, 1.82) is 0 Å². The molecule has 1 amide bonds. The van der Waals surface area contributed by atoms with Gasteiger partial charge in [-0.05, 0) is 17.9 Å². The van der Waals surface area contributed by atoms with Gasteiger partial charge >= 0.3 is 12.1 Å². The second-order valence-electron chi connectivity index (χ2n) is 4.95. The number of alkyl carbamates (subject to hydrolysis) is 1. The highest BCUT2D eigenvalue weighted by molar-refractivity contribution is 5.81. The summed E-state index contributed by atoms with van der Waals surface area (Å²) in [5, 5.41) is 2.56. The first-order valence-electron chi connectivity index (χ1n) is 7.09. The molecular weight excluding hydrogens is 282 g/mol. The lowest BCUT2D eigenvalue weighted by atomic mass is 10.0. The number of hydrogen-bond donors (Lipinski definition) is 1. The Labute approximate surface area is 129 Å². The normalized spacial score (nSPS) is 14.6. The average Bonchev–Trinajstić information content (AvgIpc) is 3.05. The van der Waals surface area contributed by atoms with E-state index < -0.39 is 18.1 Å². The van der Waals surface area contributed by atoms with Crippen LogP contribution in [0.3, 0.4) is 0 Å². The first-order valence-corrected chi connectivity index (χ1v) is 7.09. The van der Waals surface area contributed by atoms with E-state index in [9.17, 15) is 9.59 Å². The number of benzene rings is 1. The molecule has 0 bridgehead atoms. The van der Waals surface area contributed by atoms with Gasteiger partial charge in [0, 0.05) is 0 Å². The van der Waals surface area contributed by atoms with Crippen molar-refractivity contribution in [3.63, 3.8) is 0 Å². The highest BCUT2D eigenvalue weighted by atomic mass is 16.6. The molecule has 0 heterocycles. The van der Waals surface area contributed by atoms with Crippen molar-refractivity contribution >= 4 is 12.1 Å². The van der Waals surface area contributed by atoms with Gasteiger partial charge < -0.3 is 14.8 Å². The first kappa shape index (κ1) is 15.8. The summed E-state index contributed by atoms with van der Waals surface area (Å²) in [4.78, 5) is 23.6. The number of allylic oxidation sites excluding steroid dienone is 4. The molecule has 0 saturated carbocycles. The third-order valence-corrected chi connectivity index (χ3v) is 3.33. The minimum atomic E-state index is -0.731. The Bertz CT molecular complexity index is 553. The third kappa shape index (κ3) is 4.77. The number of nitrogens with one attached hydrogen (secondary N) is 1. The number of hydrogen-bond acceptors (Lipinski definition) is 4. The van der Waals surface area contributed by atoms with E-state index in [0.29, 0.717) is 6.42 Å². The molecule has 0 aromatic heterocycles. The standard InChI is InChI=1S/C17H19NO4/c1-21-16(19)15(11-13-7-5-6-8-13)18-17(20)22-12-14-9-3-2-4-10-14/h2-10,13,15H,11-12H2,1H3,(H,18,20)/t15-/m0/s1. The van der Waals surface area contributed by atoms with Gasteiger partial charge in [0.25, 0.3) is 0 Å². The zero-order chi connectivity index (χ0) is 15.8. The number of carbonyl (C=O) groups excluding carboxylic acids is 2. The van der Waals surface area contributed by atoms with Gasteiger partial charge in [-0.2, -0.15) is 0 Å². The van der Waals surface area contributed by atoms with Crippen molar-refractivity contribution < 1.29 is 19.1 Å². The molecule has 0 fully saturated rings. The lowest BCUT2D eigenvalue weighted by Crippen LogP contribution is -2.42. The SMILES string of the molecule is COC(=O)[C@H](CC1C=CC=C1)NC(=O)OCc1ccccc1. The second kappa shape index (κ2) is 8.02. The van der Waals surface area contributed by atoms with E-state index in [-0.39, 0.29) is 12.5 Å². The van der Waals surface area contributed by atoms with Crippen LogP contribution in [-0.4, -0.2) is 25.2 Å². The highest BCUT2D eigenvalue weighted by Crippen LogP contribution is 2.16. The van der Waals surface area contributed by atoms with E-state index >= 15 is 0 Å². The third-order valence-electron chi connectivity index (χ3n) is 3.33. The zero-order valence-electron chi connectivity index (χ0n) is 12.4. The molecule has 0 aliphatic heterocycles. The summed E-state index contributed by atoms with van der Waals surface area (Å²) in [6.45, 7) is 0.157. The number of esters is 1. The molecule has 5 heteroatoms. The lowest BCUT2D eigenvalue weighted by molar-refractivity contribution is -0.143. The molecule has 1 aromatic rings. The van der Waals surface area contributed by atoms with E-state index in [1.807, 2.05) is 54.6 Å². The summed E-state index contributed by atoms with van der Waals surface area (Å²) in [6, 6.07) is 8.61. The van der Waals surface area contributed by atoms with Gasteiger partial charge in [0.15, 0.2) is 0 Å². The van der Waals surface area contributed by atoms with Crippen LogP contribution < -0.4 is 5.32 Å². The van der Waals surface area contributed by atoms with Crippen molar-refractivity contribution in [1.82, 2.24) is 5.32 Å². The predicted molar refractivity (Wildman–Crippen MR) is 82.0 cm³/mol. The quantitative estimate of drug-likeness (QED) is 0.820. The fourth-order valence-electron chi connectivity index (χ4n) is 2.17. The molecule has 0 saturated heterocycles. The fraction of sp³-hybridized carbons (Fsp3) is 0.294. The number of rotatable bonds is 6. The summed E-state index contributed by atoms with van der Waals surface area (Å²) in [7, 11) is 1.30. The summed E-state index contributed by atoms with van der Waals surface area (Å²) in [6.07, 6.45) is 7.56. The lowest BCUT2D eigenvalue weighted by Gasteiger charge is -2.18. The van der Waals surface area contributed by atoms with Crippen LogP contribution in [0.5, 0.6) is 0 Å². The maximum Gasteiger partial charge on any atom is 0.408 e. The zero-order valence-corrected chi connectivity index (χ0v) is 12.4. The monoisotopic (exact) mass is 301 g/mol. The number of carbonyl (C=O) groups is 2. The molecule has 5 nitrogen and oxygen atoms in total. The van der Waals surface area contributed by atoms with Crippen LogP contribution in [0, 0.1) is 5.92 Å². The maximum atomic E-state index is 11.8. The Balaban J connectivity index is 1.85. The minimum Gasteiger partial charge on any atom is -0.467 e. The Morgan fingerprint density at radius 1 is 1.18 bits per heavy atom. The minimum absolute atomic E-state index is 0.110. The van der Waals surface area contributed by atoms with Gasteiger partial charge in [0.05, 0.1) is 7.11 Å². The van der Waals surface area contributed by atoms with Crippen LogP contribution >= 0.6 is 0 Å². The van der Waals surface area contributed by atoms with Crippen LogP contribution in [0.4, 0.5) is 4.79 Å². The summed E-state index contributed by atoms with van der Waals surface area (Å²) < 4.78 is 9.85. The van der Waals surface area contributed by atoms with Gasteiger partial charge in [0.1, 0.15) is 12.6 Å². The summed E-state index contributed by atoms with van der Waals surface area (Å²) in [5.41, 5.74) is 0.883. The molecule has 0 spiro atoms. The molecule has 1 aromatic carbocycles. The van der Waals surface area contributed by atoms with E-state index in [2.05, 4.69) is 5.32 Å². The number of amides is 1. The van der Waals surface area contributed by atoms with Crippen LogP contribution in [0.25, 0.3) is 0 Å². The van der Waals surface area contributed by atoms with Crippen molar-refractivity contribution in [2.75, 3.05) is 7.11 Å². The predicted octanol–water partition coefficient (Wildman–Crippen LogP) is 2.59. The Kier molecular flexibility index (Phi) is 5.77. The fourth-order valence-corrected chi connectivity index (χ4v) is 2.17. The first-order chi connectivity index (χ1) is 10.7.